The highest BCUT2D eigenvalue weighted by atomic mass is 32.1. The summed E-state index contributed by atoms with van der Waals surface area (Å²) in [6.45, 7) is 3.62. The number of rotatable bonds is 1. The first-order valence-corrected chi connectivity index (χ1v) is 7.85. The van der Waals surface area contributed by atoms with E-state index < -0.39 is 0 Å². The van der Waals surface area contributed by atoms with E-state index in [1.807, 2.05) is 11.3 Å². The normalized spacial score (nSPS) is 24.8. The van der Waals surface area contributed by atoms with Crippen molar-refractivity contribution in [2.75, 3.05) is 24.5 Å². The molecule has 0 radical (unpaired) electrons. The smallest absolute Gasteiger partial charge is 0.0475 e. The van der Waals surface area contributed by atoms with Crippen molar-refractivity contribution in [1.82, 2.24) is 5.32 Å². The van der Waals surface area contributed by atoms with Gasteiger partial charge in [0.2, 0.25) is 0 Å². The minimum atomic E-state index is 0.413. The fourth-order valence-corrected chi connectivity index (χ4v) is 4.01. The van der Waals surface area contributed by atoms with Gasteiger partial charge < -0.3 is 10.2 Å². The molecule has 2 heterocycles. The molecule has 0 atom stereocenters. The highest BCUT2D eigenvalue weighted by Gasteiger charge is 2.34. The maximum absolute atomic E-state index is 3.85. The van der Waals surface area contributed by atoms with E-state index in [1.165, 1.54) is 63.8 Å². The van der Waals surface area contributed by atoms with Crippen molar-refractivity contribution in [3.05, 3.63) is 16.8 Å². The van der Waals surface area contributed by atoms with E-state index in [0.29, 0.717) is 5.54 Å². The molecule has 1 spiro atoms. The molecule has 1 aliphatic heterocycles. The van der Waals surface area contributed by atoms with E-state index in [4.69, 9.17) is 0 Å². The first-order chi connectivity index (χ1) is 8.38. The van der Waals surface area contributed by atoms with Crippen LogP contribution in [0.1, 0.15) is 38.5 Å². The van der Waals surface area contributed by atoms with E-state index in [9.17, 15) is 0 Å². The van der Waals surface area contributed by atoms with E-state index in [2.05, 4.69) is 27.0 Å². The highest BCUT2D eigenvalue weighted by Crippen LogP contribution is 2.32. The van der Waals surface area contributed by atoms with Gasteiger partial charge in [-0.05, 0) is 37.3 Å². The van der Waals surface area contributed by atoms with Crippen molar-refractivity contribution in [1.29, 1.82) is 0 Å². The summed E-state index contributed by atoms with van der Waals surface area (Å²) < 4.78 is 0. The lowest BCUT2D eigenvalue weighted by atomic mass is 9.81. The lowest BCUT2D eigenvalue weighted by molar-refractivity contribution is 0.246. The van der Waals surface area contributed by atoms with Crippen LogP contribution in [0.4, 0.5) is 5.69 Å². The summed E-state index contributed by atoms with van der Waals surface area (Å²) >= 11 is 1.81. The van der Waals surface area contributed by atoms with Crippen LogP contribution in [0.5, 0.6) is 0 Å². The maximum Gasteiger partial charge on any atom is 0.0475 e. The van der Waals surface area contributed by atoms with Crippen molar-refractivity contribution in [3.63, 3.8) is 0 Å². The third-order valence-corrected chi connectivity index (χ3v) is 4.95. The van der Waals surface area contributed by atoms with Gasteiger partial charge in [0.15, 0.2) is 0 Å². The van der Waals surface area contributed by atoms with Crippen molar-refractivity contribution in [2.45, 2.75) is 44.1 Å². The molecule has 1 aromatic rings. The minimum Gasteiger partial charge on any atom is -0.369 e. The fourth-order valence-electron chi connectivity index (χ4n) is 3.34. The predicted octanol–water partition coefficient (Wildman–Crippen LogP) is 3.25. The van der Waals surface area contributed by atoms with Crippen LogP contribution in [0, 0.1) is 0 Å². The van der Waals surface area contributed by atoms with Crippen LogP contribution in [-0.4, -0.2) is 25.2 Å². The zero-order chi connectivity index (χ0) is 11.6. The Bertz CT molecular complexity index is 341. The molecule has 1 aliphatic carbocycles. The van der Waals surface area contributed by atoms with E-state index in [1.54, 1.807) is 0 Å². The van der Waals surface area contributed by atoms with Crippen LogP contribution in [0.25, 0.3) is 0 Å². The molecule has 2 fully saturated rings. The van der Waals surface area contributed by atoms with Gasteiger partial charge in [0.1, 0.15) is 0 Å². The Morgan fingerprint density at radius 1 is 1.18 bits per heavy atom. The van der Waals surface area contributed by atoms with Gasteiger partial charge in [-0.15, -0.1) is 0 Å². The molecule has 2 aliphatic rings. The maximum atomic E-state index is 3.85. The number of hydrogen-bond donors (Lipinski definition) is 1. The summed E-state index contributed by atoms with van der Waals surface area (Å²) in [7, 11) is 0. The molecule has 1 saturated carbocycles. The molecular weight excluding hydrogens is 228 g/mol. The van der Waals surface area contributed by atoms with E-state index >= 15 is 0 Å². The minimum absolute atomic E-state index is 0.413. The fraction of sp³-hybridized carbons (Fsp3) is 0.714. The first kappa shape index (κ1) is 11.5. The second-order valence-corrected chi connectivity index (χ2v) is 6.30. The molecule has 3 heteroatoms. The van der Waals surface area contributed by atoms with Gasteiger partial charge in [-0.3, -0.25) is 0 Å². The second-order valence-electron chi connectivity index (χ2n) is 5.52. The monoisotopic (exact) mass is 250 g/mol. The SMILES string of the molecule is c1cc(N2CCCNC3(CCCCC3)C2)cs1. The Hall–Kier alpha value is -0.540. The van der Waals surface area contributed by atoms with Gasteiger partial charge in [0.25, 0.3) is 0 Å². The standard InChI is InChI=1S/C14H22N2S/c1-2-6-14(7-3-1)12-16(9-4-8-15-14)13-5-10-17-11-13/h5,10-11,15H,1-4,6-9,12H2. The third-order valence-electron chi connectivity index (χ3n) is 4.28. The van der Waals surface area contributed by atoms with Crippen LogP contribution in [0.15, 0.2) is 16.8 Å². The van der Waals surface area contributed by atoms with Crippen LogP contribution < -0.4 is 10.2 Å². The summed E-state index contributed by atoms with van der Waals surface area (Å²) in [5, 5.41) is 8.34. The van der Waals surface area contributed by atoms with E-state index in [-0.39, 0.29) is 0 Å². The molecule has 1 N–H and O–H groups in total. The van der Waals surface area contributed by atoms with Gasteiger partial charge in [-0.1, -0.05) is 19.3 Å². The Morgan fingerprint density at radius 3 is 2.82 bits per heavy atom. The Kier molecular flexibility index (Phi) is 3.39. The molecule has 94 valence electrons. The molecule has 0 bridgehead atoms. The molecule has 2 nitrogen and oxygen atoms in total. The van der Waals surface area contributed by atoms with Crippen LogP contribution in [0.3, 0.4) is 0 Å². The van der Waals surface area contributed by atoms with Crippen molar-refractivity contribution in [3.8, 4) is 0 Å². The summed E-state index contributed by atoms with van der Waals surface area (Å²) in [6, 6.07) is 2.27. The van der Waals surface area contributed by atoms with Gasteiger partial charge in [-0.25, -0.2) is 0 Å². The Morgan fingerprint density at radius 2 is 2.06 bits per heavy atom. The number of anilines is 1. The van der Waals surface area contributed by atoms with E-state index in [0.717, 1.165) is 0 Å². The average Bonchev–Trinajstić information content (AvgIpc) is 2.82. The Labute approximate surface area is 108 Å². The molecular formula is C14H22N2S. The third kappa shape index (κ3) is 2.50. The quantitative estimate of drug-likeness (QED) is 0.823. The van der Waals surface area contributed by atoms with Crippen LogP contribution in [-0.2, 0) is 0 Å². The molecule has 1 aromatic heterocycles. The number of nitrogens with zero attached hydrogens (tertiary/aromatic N) is 1. The molecule has 1 saturated heterocycles. The van der Waals surface area contributed by atoms with Crippen molar-refractivity contribution < 1.29 is 0 Å². The summed E-state index contributed by atoms with van der Waals surface area (Å²) in [4.78, 5) is 2.60. The summed E-state index contributed by atoms with van der Waals surface area (Å²) in [5.74, 6) is 0. The molecule has 3 rings (SSSR count). The summed E-state index contributed by atoms with van der Waals surface area (Å²) in [5.41, 5.74) is 1.85. The largest absolute Gasteiger partial charge is 0.369 e. The zero-order valence-electron chi connectivity index (χ0n) is 10.5. The number of thiophene rings is 1. The van der Waals surface area contributed by atoms with Crippen molar-refractivity contribution in [2.24, 2.45) is 0 Å². The van der Waals surface area contributed by atoms with Crippen LogP contribution in [0.2, 0.25) is 0 Å². The average molecular weight is 250 g/mol. The summed E-state index contributed by atoms with van der Waals surface area (Å²) in [6.07, 6.45) is 8.26. The second kappa shape index (κ2) is 4.99. The highest BCUT2D eigenvalue weighted by molar-refractivity contribution is 7.08. The number of nitrogens with one attached hydrogen (secondary N) is 1. The first-order valence-electron chi connectivity index (χ1n) is 6.90. The molecule has 0 unspecified atom stereocenters. The molecule has 0 aromatic carbocycles. The molecule has 17 heavy (non-hydrogen) atoms. The van der Waals surface area contributed by atoms with Gasteiger partial charge >= 0.3 is 0 Å². The predicted molar refractivity (Wildman–Crippen MR) is 75.0 cm³/mol. The number of hydrogen-bond acceptors (Lipinski definition) is 3. The van der Waals surface area contributed by atoms with Crippen molar-refractivity contribution >= 4 is 17.0 Å². The molecule has 0 amide bonds. The Balaban J connectivity index is 1.77. The lowest BCUT2D eigenvalue weighted by Crippen LogP contribution is -2.52. The lowest BCUT2D eigenvalue weighted by Gasteiger charge is -2.40. The van der Waals surface area contributed by atoms with Crippen LogP contribution >= 0.6 is 11.3 Å². The van der Waals surface area contributed by atoms with Gasteiger partial charge in [0.05, 0.1) is 0 Å². The van der Waals surface area contributed by atoms with Gasteiger partial charge in [0, 0.05) is 29.7 Å². The van der Waals surface area contributed by atoms with Gasteiger partial charge in [-0.2, -0.15) is 11.3 Å². The zero-order valence-corrected chi connectivity index (χ0v) is 11.3. The topological polar surface area (TPSA) is 15.3 Å².